The maximum Gasteiger partial charge on any atom is 0.112 e. The van der Waals surface area contributed by atoms with Crippen molar-refractivity contribution in [2.24, 2.45) is 5.10 Å². The van der Waals surface area contributed by atoms with E-state index in [9.17, 15) is 0 Å². The molecule has 4 heteroatoms. The quantitative estimate of drug-likeness (QED) is 0.543. The highest BCUT2D eigenvalue weighted by molar-refractivity contribution is 6.56. The molecule has 0 spiro atoms. The van der Waals surface area contributed by atoms with Gasteiger partial charge in [0.25, 0.3) is 0 Å². The molecule has 0 aromatic carbocycles. The van der Waals surface area contributed by atoms with Crippen LogP contribution < -0.4 is 5.43 Å². The number of rotatable bonds is 2. The molecule has 0 aliphatic carbocycles. The average molecular weight is 143 g/mol. The first kappa shape index (κ1) is 6.60. The maximum absolute atomic E-state index is 3.89. The van der Waals surface area contributed by atoms with Crippen LogP contribution in [0.5, 0.6) is 0 Å². The Morgan fingerprint density at radius 1 is 1.78 bits per heavy atom. The molecular formula is C5H13N3Si. The lowest BCUT2D eigenvalue weighted by Crippen LogP contribution is -2.31. The summed E-state index contributed by atoms with van der Waals surface area (Å²) in [4.78, 5) is 2.22. The summed E-state index contributed by atoms with van der Waals surface area (Å²) >= 11 is 0. The smallest absolute Gasteiger partial charge is 0.112 e. The molecule has 0 saturated carbocycles. The first-order valence-corrected chi connectivity index (χ1v) is 6.41. The Kier molecular flexibility index (Phi) is 2.10. The van der Waals surface area contributed by atoms with Gasteiger partial charge < -0.3 is 4.90 Å². The van der Waals surface area contributed by atoms with Crippen molar-refractivity contribution in [3.05, 3.63) is 0 Å². The summed E-state index contributed by atoms with van der Waals surface area (Å²) in [6.07, 6.45) is 3.11. The van der Waals surface area contributed by atoms with Gasteiger partial charge in [-0.05, 0) is 0 Å². The molecular weight excluding hydrogens is 130 g/mol. The average Bonchev–Trinajstić information content (AvgIpc) is 2.15. The van der Waals surface area contributed by atoms with E-state index in [-0.39, 0.29) is 0 Å². The second-order valence-corrected chi connectivity index (χ2v) is 5.88. The van der Waals surface area contributed by atoms with E-state index in [0.29, 0.717) is 0 Å². The van der Waals surface area contributed by atoms with Gasteiger partial charge in [-0.3, -0.25) is 5.43 Å². The number of nitrogens with zero attached hydrogens (tertiary/aromatic N) is 2. The highest BCUT2D eigenvalue weighted by atomic mass is 28.3. The Hall–Kier alpha value is -0.513. The molecule has 1 aliphatic rings. The summed E-state index contributed by atoms with van der Waals surface area (Å²) in [7, 11) is -0.429. The van der Waals surface area contributed by atoms with Crippen LogP contribution in [0.15, 0.2) is 5.10 Å². The minimum Gasteiger partial charge on any atom is -0.346 e. The van der Waals surface area contributed by atoms with Gasteiger partial charge in [-0.1, -0.05) is 13.1 Å². The van der Waals surface area contributed by atoms with Crippen molar-refractivity contribution in [1.29, 1.82) is 0 Å². The Morgan fingerprint density at radius 2 is 2.56 bits per heavy atom. The Bertz CT molecular complexity index is 113. The molecule has 9 heavy (non-hydrogen) atoms. The lowest BCUT2D eigenvalue weighted by atomic mass is 10.9. The van der Waals surface area contributed by atoms with E-state index in [0.717, 1.165) is 6.67 Å². The largest absolute Gasteiger partial charge is 0.346 e. The van der Waals surface area contributed by atoms with Gasteiger partial charge in [0.1, 0.15) is 13.0 Å². The number of nitrogens with one attached hydrogen (secondary N) is 1. The van der Waals surface area contributed by atoms with Gasteiger partial charge in [0.15, 0.2) is 0 Å². The van der Waals surface area contributed by atoms with Gasteiger partial charge in [-0.15, -0.1) is 0 Å². The molecule has 0 fully saturated rings. The van der Waals surface area contributed by atoms with E-state index in [4.69, 9.17) is 0 Å². The molecule has 0 amide bonds. The summed E-state index contributed by atoms with van der Waals surface area (Å²) in [5.41, 5.74) is 2.90. The van der Waals surface area contributed by atoms with Crippen LogP contribution in [0.2, 0.25) is 13.1 Å². The molecule has 0 aromatic rings. The fraction of sp³-hybridized carbons (Fsp3) is 0.800. The third-order valence-electron chi connectivity index (χ3n) is 1.19. The minimum atomic E-state index is -0.429. The van der Waals surface area contributed by atoms with Gasteiger partial charge in [0.05, 0.1) is 8.80 Å². The Labute approximate surface area is 57.3 Å². The summed E-state index contributed by atoms with van der Waals surface area (Å²) in [5.74, 6) is 0. The van der Waals surface area contributed by atoms with Crippen molar-refractivity contribution in [3.63, 3.8) is 0 Å². The van der Waals surface area contributed by atoms with Gasteiger partial charge >= 0.3 is 0 Å². The van der Waals surface area contributed by atoms with Gasteiger partial charge in [-0.25, -0.2) is 0 Å². The third-order valence-corrected chi connectivity index (χ3v) is 2.39. The van der Waals surface area contributed by atoms with Gasteiger partial charge in [0.2, 0.25) is 0 Å². The van der Waals surface area contributed by atoms with E-state index in [2.05, 4.69) is 28.5 Å². The highest BCUT2D eigenvalue weighted by Gasteiger charge is 2.05. The minimum absolute atomic E-state index is 0.429. The standard InChI is InChI=1S/C5H13N3Si/c1-9(2)5-8-3-6-7-4-8/h3,7,9H,4-5H2,1-2H3. The number of hydrogen-bond acceptors (Lipinski definition) is 3. The number of hydrazone groups is 1. The Morgan fingerprint density at radius 3 is 3.00 bits per heavy atom. The SMILES string of the molecule is C[SiH](C)CN1C=NNC1. The zero-order chi connectivity index (χ0) is 6.69. The predicted molar refractivity (Wildman–Crippen MR) is 42.1 cm³/mol. The van der Waals surface area contributed by atoms with Crippen molar-refractivity contribution < 1.29 is 0 Å². The molecule has 0 radical (unpaired) electrons. The van der Waals surface area contributed by atoms with Gasteiger partial charge in [0, 0.05) is 6.17 Å². The number of hydrogen-bond donors (Lipinski definition) is 1. The van der Waals surface area contributed by atoms with Gasteiger partial charge in [-0.2, -0.15) is 5.10 Å². The van der Waals surface area contributed by atoms with E-state index >= 15 is 0 Å². The van der Waals surface area contributed by atoms with E-state index in [1.165, 1.54) is 6.17 Å². The highest BCUT2D eigenvalue weighted by Crippen LogP contribution is 1.89. The molecule has 1 heterocycles. The molecule has 3 nitrogen and oxygen atoms in total. The molecule has 0 saturated heterocycles. The van der Waals surface area contributed by atoms with Crippen molar-refractivity contribution in [3.8, 4) is 0 Å². The van der Waals surface area contributed by atoms with Crippen LogP contribution in [-0.4, -0.2) is 32.9 Å². The van der Waals surface area contributed by atoms with Crippen LogP contribution in [0.3, 0.4) is 0 Å². The summed E-state index contributed by atoms with van der Waals surface area (Å²) in [6.45, 7) is 5.59. The second-order valence-electron chi connectivity index (χ2n) is 2.73. The predicted octanol–water partition coefficient (Wildman–Crippen LogP) is -0.182. The molecule has 1 aliphatic heterocycles. The fourth-order valence-electron chi connectivity index (χ4n) is 0.876. The monoisotopic (exact) mass is 143 g/mol. The first-order chi connectivity index (χ1) is 4.29. The fourth-order valence-corrected chi connectivity index (χ4v) is 2.04. The zero-order valence-electron chi connectivity index (χ0n) is 5.96. The van der Waals surface area contributed by atoms with E-state index in [1.54, 1.807) is 0 Å². The topological polar surface area (TPSA) is 27.6 Å². The van der Waals surface area contributed by atoms with Crippen molar-refractivity contribution >= 4 is 15.1 Å². The van der Waals surface area contributed by atoms with Crippen molar-refractivity contribution in [1.82, 2.24) is 10.3 Å². The molecule has 0 unspecified atom stereocenters. The summed E-state index contributed by atoms with van der Waals surface area (Å²) in [6, 6.07) is 0. The van der Waals surface area contributed by atoms with Crippen molar-refractivity contribution in [2.75, 3.05) is 12.8 Å². The molecule has 0 aromatic heterocycles. The van der Waals surface area contributed by atoms with Crippen LogP contribution in [-0.2, 0) is 0 Å². The zero-order valence-corrected chi connectivity index (χ0v) is 7.12. The van der Waals surface area contributed by atoms with Crippen LogP contribution in [0.25, 0.3) is 0 Å². The molecule has 0 bridgehead atoms. The molecule has 0 atom stereocenters. The molecule has 52 valence electrons. The van der Waals surface area contributed by atoms with Crippen LogP contribution in [0.4, 0.5) is 0 Å². The van der Waals surface area contributed by atoms with Crippen LogP contribution in [0, 0.1) is 0 Å². The van der Waals surface area contributed by atoms with Crippen LogP contribution >= 0.6 is 0 Å². The van der Waals surface area contributed by atoms with E-state index < -0.39 is 8.80 Å². The Balaban J connectivity index is 2.20. The lowest BCUT2D eigenvalue weighted by Gasteiger charge is -2.13. The second kappa shape index (κ2) is 2.86. The molecule has 1 N–H and O–H groups in total. The van der Waals surface area contributed by atoms with Crippen LogP contribution in [0.1, 0.15) is 0 Å². The molecule has 1 rings (SSSR count). The maximum atomic E-state index is 3.89. The van der Waals surface area contributed by atoms with Crippen molar-refractivity contribution in [2.45, 2.75) is 13.1 Å². The first-order valence-electron chi connectivity index (χ1n) is 3.29. The summed E-state index contributed by atoms with van der Waals surface area (Å²) in [5, 5.41) is 3.89. The third kappa shape index (κ3) is 2.05. The lowest BCUT2D eigenvalue weighted by molar-refractivity contribution is 0.490. The normalized spacial score (nSPS) is 17.0. The summed E-state index contributed by atoms with van der Waals surface area (Å²) < 4.78 is 0. The van der Waals surface area contributed by atoms with E-state index in [1.807, 2.05) is 6.34 Å².